The average Bonchev–Trinajstić information content (AvgIpc) is 2.75. The van der Waals surface area contributed by atoms with E-state index in [9.17, 15) is 4.79 Å². The minimum absolute atomic E-state index is 0.0216. The lowest BCUT2D eigenvalue weighted by atomic mass is 10.2. The van der Waals surface area contributed by atoms with Crippen molar-refractivity contribution in [2.75, 3.05) is 5.32 Å². The topological polar surface area (TPSA) is 72.9 Å². The molecule has 0 aliphatic heterocycles. The van der Waals surface area contributed by atoms with Crippen LogP contribution in [0.15, 0.2) is 30.3 Å². The molecule has 2 aromatic rings. The van der Waals surface area contributed by atoms with Gasteiger partial charge >= 0.3 is 0 Å². The van der Waals surface area contributed by atoms with Crippen LogP contribution < -0.4 is 11.1 Å². The molecular formula is C15H20N4O. The number of nitrogens with two attached hydrogens (primary N) is 1. The Morgan fingerprint density at radius 1 is 1.35 bits per heavy atom. The van der Waals surface area contributed by atoms with Crippen molar-refractivity contribution in [2.24, 2.45) is 5.73 Å². The molecule has 0 bridgehead atoms. The molecular weight excluding hydrogens is 252 g/mol. The van der Waals surface area contributed by atoms with Gasteiger partial charge in [0.05, 0.1) is 5.69 Å². The molecule has 1 aromatic heterocycles. The second kappa shape index (κ2) is 6.34. The average molecular weight is 272 g/mol. The van der Waals surface area contributed by atoms with Gasteiger partial charge in [-0.15, -0.1) is 0 Å². The van der Waals surface area contributed by atoms with Gasteiger partial charge in [-0.1, -0.05) is 12.1 Å². The summed E-state index contributed by atoms with van der Waals surface area (Å²) >= 11 is 0. The Kier molecular flexibility index (Phi) is 4.53. The summed E-state index contributed by atoms with van der Waals surface area (Å²) in [6.07, 6.45) is 0.398. The van der Waals surface area contributed by atoms with Gasteiger partial charge in [0.15, 0.2) is 0 Å². The maximum atomic E-state index is 11.9. The van der Waals surface area contributed by atoms with Gasteiger partial charge < -0.3 is 11.1 Å². The van der Waals surface area contributed by atoms with Gasteiger partial charge in [0, 0.05) is 30.9 Å². The number of amides is 1. The molecule has 3 N–H and O–H groups in total. The highest BCUT2D eigenvalue weighted by Crippen LogP contribution is 2.11. The van der Waals surface area contributed by atoms with Crippen LogP contribution in [0.4, 0.5) is 5.69 Å². The number of nitrogens with one attached hydrogen (secondary N) is 1. The Hall–Kier alpha value is -2.14. The van der Waals surface area contributed by atoms with Crippen LogP contribution in [0.3, 0.4) is 0 Å². The largest absolute Gasteiger partial charge is 0.326 e. The first-order chi connectivity index (χ1) is 9.58. The van der Waals surface area contributed by atoms with Gasteiger partial charge in [0.2, 0.25) is 5.91 Å². The van der Waals surface area contributed by atoms with Crippen LogP contribution in [-0.4, -0.2) is 15.7 Å². The number of hydrogen-bond acceptors (Lipinski definition) is 3. The molecule has 2 rings (SSSR count). The molecule has 1 aromatic carbocycles. The number of benzene rings is 1. The lowest BCUT2D eigenvalue weighted by molar-refractivity contribution is -0.116. The van der Waals surface area contributed by atoms with Crippen LogP contribution >= 0.6 is 0 Å². The Morgan fingerprint density at radius 2 is 2.15 bits per heavy atom. The summed E-state index contributed by atoms with van der Waals surface area (Å²) in [5.41, 5.74) is 9.40. The lowest BCUT2D eigenvalue weighted by Gasteiger charge is -2.07. The highest BCUT2D eigenvalue weighted by molar-refractivity contribution is 5.90. The monoisotopic (exact) mass is 272 g/mol. The van der Waals surface area contributed by atoms with E-state index in [2.05, 4.69) is 10.4 Å². The van der Waals surface area contributed by atoms with E-state index in [1.807, 2.05) is 48.9 Å². The third-order valence-electron chi connectivity index (χ3n) is 3.10. The zero-order valence-corrected chi connectivity index (χ0v) is 11.9. The second-order valence-electron chi connectivity index (χ2n) is 4.85. The van der Waals surface area contributed by atoms with Crippen LogP contribution in [0.1, 0.15) is 23.4 Å². The van der Waals surface area contributed by atoms with E-state index < -0.39 is 0 Å². The summed E-state index contributed by atoms with van der Waals surface area (Å²) in [7, 11) is 0. The number of hydrogen-bond donors (Lipinski definition) is 2. The molecule has 0 aliphatic carbocycles. The maximum absolute atomic E-state index is 11.9. The third kappa shape index (κ3) is 3.68. The smallest absolute Gasteiger partial charge is 0.226 e. The number of aryl methyl sites for hydroxylation is 3. The van der Waals surface area contributed by atoms with Crippen LogP contribution in [-0.2, 0) is 17.9 Å². The molecule has 20 heavy (non-hydrogen) atoms. The van der Waals surface area contributed by atoms with Gasteiger partial charge in [0.25, 0.3) is 0 Å². The number of aromatic nitrogens is 2. The zero-order valence-electron chi connectivity index (χ0n) is 11.9. The van der Waals surface area contributed by atoms with Crippen LogP contribution in [0.25, 0.3) is 0 Å². The molecule has 106 valence electrons. The fourth-order valence-corrected chi connectivity index (χ4v) is 2.11. The summed E-state index contributed by atoms with van der Waals surface area (Å²) in [6.45, 7) is 4.99. The van der Waals surface area contributed by atoms with Gasteiger partial charge in [0.1, 0.15) is 0 Å². The first-order valence-electron chi connectivity index (χ1n) is 6.68. The van der Waals surface area contributed by atoms with E-state index in [0.717, 1.165) is 22.6 Å². The van der Waals surface area contributed by atoms with Crippen molar-refractivity contribution in [2.45, 2.75) is 33.4 Å². The fourth-order valence-electron chi connectivity index (χ4n) is 2.11. The Morgan fingerprint density at radius 3 is 2.80 bits per heavy atom. The molecule has 1 heterocycles. The number of carbonyl (C=O) groups is 1. The van der Waals surface area contributed by atoms with Crippen molar-refractivity contribution in [3.05, 3.63) is 47.3 Å². The molecule has 0 fully saturated rings. The molecule has 0 atom stereocenters. The van der Waals surface area contributed by atoms with E-state index in [1.165, 1.54) is 0 Å². The van der Waals surface area contributed by atoms with E-state index in [-0.39, 0.29) is 5.91 Å². The number of carbonyl (C=O) groups excluding carboxylic acids is 1. The van der Waals surface area contributed by atoms with E-state index in [1.54, 1.807) is 0 Å². The molecule has 0 spiro atoms. The molecule has 0 saturated carbocycles. The molecule has 0 radical (unpaired) electrons. The van der Waals surface area contributed by atoms with Crippen molar-refractivity contribution < 1.29 is 4.79 Å². The highest BCUT2D eigenvalue weighted by atomic mass is 16.1. The first-order valence-corrected chi connectivity index (χ1v) is 6.68. The normalized spacial score (nSPS) is 10.6. The van der Waals surface area contributed by atoms with Gasteiger partial charge in [-0.05, 0) is 37.6 Å². The molecule has 0 aliphatic rings. The summed E-state index contributed by atoms with van der Waals surface area (Å²) in [5.74, 6) is -0.0216. The van der Waals surface area contributed by atoms with Gasteiger partial charge in [-0.3, -0.25) is 9.48 Å². The number of rotatable bonds is 5. The minimum Gasteiger partial charge on any atom is -0.326 e. The predicted molar refractivity (Wildman–Crippen MR) is 79.3 cm³/mol. The van der Waals surface area contributed by atoms with Crippen molar-refractivity contribution in [3.63, 3.8) is 0 Å². The lowest BCUT2D eigenvalue weighted by Crippen LogP contribution is -2.15. The van der Waals surface area contributed by atoms with E-state index in [4.69, 9.17) is 5.73 Å². The Bertz CT molecular complexity index is 604. The molecule has 0 unspecified atom stereocenters. The fraction of sp³-hybridized carbons (Fsp3) is 0.333. The number of nitrogens with zero attached hydrogens (tertiary/aromatic N) is 2. The Balaban J connectivity index is 1.90. The van der Waals surface area contributed by atoms with Crippen LogP contribution in [0.5, 0.6) is 0 Å². The molecule has 0 saturated heterocycles. The predicted octanol–water partition coefficient (Wildman–Crippen LogP) is 1.99. The van der Waals surface area contributed by atoms with Gasteiger partial charge in [-0.25, -0.2) is 0 Å². The summed E-state index contributed by atoms with van der Waals surface area (Å²) in [6, 6.07) is 9.58. The van der Waals surface area contributed by atoms with Crippen LogP contribution in [0.2, 0.25) is 0 Å². The quantitative estimate of drug-likeness (QED) is 0.874. The first kappa shape index (κ1) is 14.3. The summed E-state index contributed by atoms with van der Waals surface area (Å²) in [4.78, 5) is 11.9. The van der Waals surface area contributed by atoms with E-state index >= 15 is 0 Å². The summed E-state index contributed by atoms with van der Waals surface area (Å²) < 4.78 is 1.85. The Labute approximate surface area is 118 Å². The zero-order chi connectivity index (χ0) is 14.5. The minimum atomic E-state index is -0.0216. The van der Waals surface area contributed by atoms with Crippen molar-refractivity contribution in [1.29, 1.82) is 0 Å². The van der Waals surface area contributed by atoms with Crippen molar-refractivity contribution in [3.8, 4) is 0 Å². The standard InChI is InChI=1S/C15H20N4O/c1-11-8-12(2)19(18-11)7-6-15(20)17-14-5-3-4-13(9-14)10-16/h3-5,8-9H,6-7,10,16H2,1-2H3,(H,17,20). The third-order valence-corrected chi connectivity index (χ3v) is 3.10. The SMILES string of the molecule is Cc1cc(C)n(CCC(=O)Nc2cccc(CN)c2)n1. The second-order valence-corrected chi connectivity index (χ2v) is 4.85. The molecule has 1 amide bonds. The summed E-state index contributed by atoms with van der Waals surface area (Å²) in [5, 5.41) is 7.21. The highest BCUT2D eigenvalue weighted by Gasteiger charge is 2.06. The molecule has 5 nitrogen and oxygen atoms in total. The maximum Gasteiger partial charge on any atom is 0.226 e. The van der Waals surface area contributed by atoms with Crippen molar-refractivity contribution in [1.82, 2.24) is 9.78 Å². The van der Waals surface area contributed by atoms with Crippen LogP contribution in [0, 0.1) is 13.8 Å². The molecule has 5 heteroatoms. The number of anilines is 1. The van der Waals surface area contributed by atoms with Crippen molar-refractivity contribution >= 4 is 11.6 Å². The van der Waals surface area contributed by atoms with E-state index in [0.29, 0.717) is 19.5 Å². The van der Waals surface area contributed by atoms with Gasteiger partial charge in [-0.2, -0.15) is 5.10 Å².